The van der Waals surface area contributed by atoms with Crippen molar-refractivity contribution in [2.75, 3.05) is 11.9 Å². The predicted octanol–water partition coefficient (Wildman–Crippen LogP) is 6.01. The third-order valence-electron chi connectivity index (χ3n) is 4.87. The summed E-state index contributed by atoms with van der Waals surface area (Å²) in [6.07, 6.45) is -5.35. The summed E-state index contributed by atoms with van der Waals surface area (Å²) in [4.78, 5) is 25.8. The standard InChI is InChI=1S/C24H25F3N2O4/c1-15(30)28(5)18-8-10-20(11-9-18)32-14-19-12-16-6-7-17(24(25,26)27)13-21(16)29(19)22(31)33-23(2,3)4/h6-13H,14H2,1-5H3. The summed E-state index contributed by atoms with van der Waals surface area (Å²) in [7, 11) is 1.65. The van der Waals surface area contributed by atoms with Crippen molar-refractivity contribution in [3.8, 4) is 5.75 Å². The lowest BCUT2D eigenvalue weighted by molar-refractivity contribution is -0.137. The van der Waals surface area contributed by atoms with Gasteiger partial charge in [0.1, 0.15) is 18.0 Å². The molecule has 0 aliphatic heterocycles. The number of rotatable bonds is 4. The van der Waals surface area contributed by atoms with E-state index in [1.807, 2.05) is 0 Å². The number of ether oxygens (including phenoxy) is 2. The largest absolute Gasteiger partial charge is 0.487 e. The Morgan fingerprint density at radius 3 is 2.18 bits per heavy atom. The Hall–Kier alpha value is -3.49. The number of fused-ring (bicyclic) bond motifs is 1. The second kappa shape index (κ2) is 8.80. The van der Waals surface area contributed by atoms with E-state index in [4.69, 9.17) is 9.47 Å². The van der Waals surface area contributed by atoms with E-state index in [0.717, 1.165) is 16.7 Å². The highest BCUT2D eigenvalue weighted by Gasteiger charge is 2.32. The summed E-state index contributed by atoms with van der Waals surface area (Å²) < 4.78 is 52.1. The van der Waals surface area contributed by atoms with Crippen molar-refractivity contribution in [2.24, 2.45) is 0 Å². The Labute approximate surface area is 189 Å². The van der Waals surface area contributed by atoms with Crippen LogP contribution in [0.5, 0.6) is 5.75 Å². The number of carbonyl (C=O) groups excluding carboxylic acids is 2. The van der Waals surface area contributed by atoms with Crippen molar-refractivity contribution in [3.63, 3.8) is 0 Å². The van der Waals surface area contributed by atoms with Gasteiger partial charge in [-0.1, -0.05) is 6.07 Å². The smallest absolute Gasteiger partial charge is 0.419 e. The van der Waals surface area contributed by atoms with Crippen molar-refractivity contribution in [1.29, 1.82) is 0 Å². The number of benzene rings is 2. The first-order chi connectivity index (χ1) is 15.3. The van der Waals surface area contributed by atoms with E-state index in [1.54, 1.807) is 58.2 Å². The molecule has 0 unspecified atom stereocenters. The van der Waals surface area contributed by atoms with Gasteiger partial charge >= 0.3 is 12.3 Å². The second-order valence-corrected chi connectivity index (χ2v) is 8.58. The van der Waals surface area contributed by atoms with Gasteiger partial charge in [-0.05, 0) is 63.2 Å². The van der Waals surface area contributed by atoms with Gasteiger partial charge < -0.3 is 14.4 Å². The van der Waals surface area contributed by atoms with Crippen LogP contribution in [0, 0.1) is 0 Å². The van der Waals surface area contributed by atoms with Crippen LogP contribution in [-0.2, 0) is 22.3 Å². The molecule has 0 saturated carbocycles. The van der Waals surface area contributed by atoms with Gasteiger partial charge in [-0.2, -0.15) is 13.2 Å². The van der Waals surface area contributed by atoms with E-state index in [0.29, 0.717) is 22.5 Å². The lowest BCUT2D eigenvalue weighted by atomic mass is 10.1. The first-order valence-corrected chi connectivity index (χ1v) is 10.2. The van der Waals surface area contributed by atoms with Crippen LogP contribution in [0.25, 0.3) is 10.9 Å². The fraction of sp³-hybridized carbons (Fsp3) is 0.333. The highest BCUT2D eigenvalue weighted by atomic mass is 19.4. The van der Waals surface area contributed by atoms with E-state index in [2.05, 4.69) is 0 Å². The summed E-state index contributed by atoms with van der Waals surface area (Å²) in [5.74, 6) is 0.344. The predicted molar refractivity (Wildman–Crippen MR) is 118 cm³/mol. The molecule has 0 saturated heterocycles. The topological polar surface area (TPSA) is 60.8 Å². The Balaban J connectivity index is 1.95. The Morgan fingerprint density at radius 1 is 1.00 bits per heavy atom. The molecule has 1 amide bonds. The maximum atomic E-state index is 13.3. The minimum atomic E-state index is -4.55. The van der Waals surface area contributed by atoms with Crippen LogP contribution in [0.4, 0.5) is 23.7 Å². The molecule has 0 bridgehead atoms. The van der Waals surface area contributed by atoms with Crippen molar-refractivity contribution in [2.45, 2.75) is 46.1 Å². The number of anilines is 1. The molecule has 3 aromatic rings. The first-order valence-electron chi connectivity index (χ1n) is 10.2. The van der Waals surface area contributed by atoms with Crippen molar-refractivity contribution in [3.05, 3.63) is 59.8 Å². The number of hydrogen-bond donors (Lipinski definition) is 0. The molecule has 1 aromatic heterocycles. The molecule has 6 nitrogen and oxygen atoms in total. The SMILES string of the molecule is CC(=O)N(C)c1ccc(OCc2cc3ccc(C(F)(F)F)cc3n2C(=O)OC(C)(C)C)cc1. The van der Waals surface area contributed by atoms with E-state index in [9.17, 15) is 22.8 Å². The van der Waals surface area contributed by atoms with Crippen LogP contribution >= 0.6 is 0 Å². The molecule has 0 spiro atoms. The van der Waals surface area contributed by atoms with Crippen LogP contribution in [0.1, 0.15) is 39.0 Å². The molecule has 9 heteroatoms. The zero-order valence-corrected chi connectivity index (χ0v) is 19.0. The quantitative estimate of drug-likeness (QED) is 0.477. The summed E-state index contributed by atoms with van der Waals surface area (Å²) in [6.45, 7) is 6.38. The monoisotopic (exact) mass is 462 g/mol. The summed E-state index contributed by atoms with van der Waals surface area (Å²) in [5.41, 5.74) is -0.612. The van der Waals surface area contributed by atoms with E-state index in [1.165, 1.54) is 17.9 Å². The Kier molecular flexibility index (Phi) is 6.44. The normalized spacial score (nSPS) is 12.0. The molecule has 0 N–H and O–H groups in total. The van der Waals surface area contributed by atoms with E-state index in [-0.39, 0.29) is 18.0 Å². The average Bonchev–Trinajstić information content (AvgIpc) is 3.08. The summed E-state index contributed by atoms with van der Waals surface area (Å²) >= 11 is 0. The molecule has 0 aliphatic rings. The second-order valence-electron chi connectivity index (χ2n) is 8.58. The fourth-order valence-corrected chi connectivity index (χ4v) is 3.17. The van der Waals surface area contributed by atoms with Gasteiger partial charge in [0, 0.05) is 25.0 Å². The molecule has 0 radical (unpaired) electrons. The number of amides is 1. The van der Waals surface area contributed by atoms with E-state index >= 15 is 0 Å². The average molecular weight is 462 g/mol. The molecule has 3 rings (SSSR count). The third-order valence-corrected chi connectivity index (χ3v) is 4.87. The summed E-state index contributed by atoms with van der Waals surface area (Å²) in [6, 6.07) is 11.5. The molecule has 0 atom stereocenters. The van der Waals surface area contributed by atoms with Crippen LogP contribution in [0.2, 0.25) is 0 Å². The number of aromatic nitrogens is 1. The number of alkyl halides is 3. The highest BCUT2D eigenvalue weighted by Crippen LogP contribution is 2.33. The highest BCUT2D eigenvalue weighted by molar-refractivity contribution is 5.92. The molecule has 1 heterocycles. The van der Waals surface area contributed by atoms with Crippen molar-refractivity contribution >= 4 is 28.6 Å². The first kappa shape index (κ1) is 24.2. The van der Waals surface area contributed by atoms with Gasteiger partial charge in [0.15, 0.2) is 0 Å². The number of nitrogens with zero attached hydrogens (tertiary/aromatic N) is 2. The molecule has 0 aliphatic carbocycles. The maximum Gasteiger partial charge on any atom is 0.419 e. The number of hydrogen-bond acceptors (Lipinski definition) is 4. The minimum absolute atomic E-state index is 0.0797. The van der Waals surface area contributed by atoms with Crippen molar-refractivity contribution in [1.82, 2.24) is 4.57 Å². The number of halogens is 3. The Morgan fingerprint density at radius 2 is 1.64 bits per heavy atom. The van der Waals surface area contributed by atoms with Gasteiger partial charge in [-0.25, -0.2) is 9.36 Å². The zero-order chi connectivity index (χ0) is 24.6. The minimum Gasteiger partial charge on any atom is -0.487 e. The fourth-order valence-electron chi connectivity index (χ4n) is 3.17. The maximum absolute atomic E-state index is 13.3. The van der Waals surface area contributed by atoms with Gasteiger partial charge in [0.05, 0.1) is 16.8 Å². The van der Waals surface area contributed by atoms with Crippen LogP contribution in [0.15, 0.2) is 48.5 Å². The van der Waals surface area contributed by atoms with Gasteiger partial charge in [-0.3, -0.25) is 4.79 Å². The lowest BCUT2D eigenvalue weighted by Crippen LogP contribution is -2.28. The lowest BCUT2D eigenvalue weighted by Gasteiger charge is -2.21. The van der Waals surface area contributed by atoms with Crippen LogP contribution < -0.4 is 9.64 Å². The van der Waals surface area contributed by atoms with Crippen molar-refractivity contribution < 1.29 is 32.2 Å². The zero-order valence-electron chi connectivity index (χ0n) is 19.0. The van der Waals surface area contributed by atoms with Gasteiger partial charge in [-0.15, -0.1) is 0 Å². The molecular formula is C24H25F3N2O4. The van der Waals surface area contributed by atoms with Gasteiger partial charge in [0.25, 0.3) is 0 Å². The molecule has 33 heavy (non-hydrogen) atoms. The van der Waals surface area contributed by atoms with E-state index < -0.39 is 23.4 Å². The number of carbonyl (C=O) groups is 2. The molecule has 176 valence electrons. The van der Waals surface area contributed by atoms with Crippen LogP contribution in [-0.4, -0.2) is 29.2 Å². The third kappa shape index (κ3) is 5.66. The summed E-state index contributed by atoms with van der Waals surface area (Å²) in [5, 5.41) is 0.450. The Bertz CT molecular complexity index is 1180. The molecule has 2 aromatic carbocycles. The molecule has 0 fully saturated rings. The van der Waals surface area contributed by atoms with Crippen LogP contribution in [0.3, 0.4) is 0 Å². The van der Waals surface area contributed by atoms with Gasteiger partial charge in [0.2, 0.25) is 5.91 Å². The molecular weight excluding hydrogens is 437 g/mol.